The molecule has 2 aliphatic rings. The second-order valence-corrected chi connectivity index (χ2v) is 16.6. The summed E-state index contributed by atoms with van der Waals surface area (Å²) in [5, 5.41) is 31.4. The summed E-state index contributed by atoms with van der Waals surface area (Å²) in [4.78, 5) is 53.4. The number of nitrogens with zero attached hydrogens (tertiary/aromatic N) is 2. The minimum Gasteiger partial charge on any atom is -0.488 e. The van der Waals surface area contributed by atoms with Gasteiger partial charge in [0.2, 0.25) is 18.2 Å². The van der Waals surface area contributed by atoms with Crippen LogP contribution in [0, 0.1) is 22.7 Å². The Balaban J connectivity index is 2.01. The van der Waals surface area contributed by atoms with Gasteiger partial charge in [0, 0.05) is 18.0 Å². The van der Waals surface area contributed by atoms with E-state index in [1.807, 2.05) is 46.8 Å². The predicted molar refractivity (Wildman–Crippen MR) is 212 cm³/mol. The molecule has 0 radical (unpaired) electrons. The summed E-state index contributed by atoms with van der Waals surface area (Å²) < 4.78 is 12.1. The summed E-state index contributed by atoms with van der Waals surface area (Å²) in [6.07, 6.45) is 4.08. The Morgan fingerprint density at radius 3 is 2.46 bits per heavy atom. The quantitative estimate of drug-likeness (QED) is 0.0868. The molecule has 4 N–H and O–H groups in total. The van der Waals surface area contributed by atoms with Crippen LogP contribution in [0.2, 0.25) is 5.02 Å². The normalized spacial score (nSPS) is 22.5. The molecule has 14 heteroatoms. The van der Waals surface area contributed by atoms with Gasteiger partial charge in [0.25, 0.3) is 0 Å². The number of rotatable bonds is 19. The fourth-order valence-electron chi connectivity index (χ4n) is 6.33. The number of allylic oxidation sites excluding steroid dienone is 3. The molecule has 1 saturated carbocycles. The number of aliphatic carboxylic acids is 1. The number of carboxylic acid groups (broad SMARTS) is 1. The number of hydrogen-bond donors (Lipinski definition) is 4. The molecule has 1 saturated heterocycles. The monoisotopic (exact) mass is 785 g/mol. The van der Waals surface area contributed by atoms with Gasteiger partial charge in [0.1, 0.15) is 41.3 Å². The second kappa shape index (κ2) is 19.4. The van der Waals surface area contributed by atoms with Crippen molar-refractivity contribution in [2.75, 3.05) is 13.2 Å². The zero-order chi connectivity index (χ0) is 40.4. The Morgan fingerprint density at radius 1 is 1.22 bits per heavy atom. The first-order valence-electron chi connectivity index (χ1n) is 18.4. The minimum atomic E-state index is -1.39. The van der Waals surface area contributed by atoms with E-state index in [-0.39, 0.29) is 36.6 Å². The summed E-state index contributed by atoms with van der Waals surface area (Å²) in [7, 11) is 0. The van der Waals surface area contributed by atoms with Gasteiger partial charge >= 0.3 is 5.97 Å². The molecule has 2 fully saturated rings. The van der Waals surface area contributed by atoms with Gasteiger partial charge in [-0.3, -0.25) is 14.4 Å². The number of benzene rings is 1. The number of hydrogen-bond acceptors (Lipinski definition) is 9. The molecule has 296 valence electrons. The smallest absolute Gasteiger partial charge is 0.329 e. The van der Waals surface area contributed by atoms with Gasteiger partial charge in [0.05, 0.1) is 16.6 Å². The Labute approximate surface area is 329 Å². The average molecular weight is 786 g/mol. The lowest BCUT2D eigenvalue weighted by molar-refractivity contribution is -0.146. The van der Waals surface area contributed by atoms with E-state index < -0.39 is 46.9 Å². The van der Waals surface area contributed by atoms with Crippen molar-refractivity contribution in [1.82, 2.24) is 20.9 Å². The molecular formula is C40H56ClN5O7S. The van der Waals surface area contributed by atoms with Crippen molar-refractivity contribution in [2.45, 2.75) is 124 Å². The molecule has 1 aromatic rings. The molecule has 0 bridgehead atoms. The van der Waals surface area contributed by atoms with Crippen LogP contribution in [0.1, 0.15) is 100.0 Å². The van der Waals surface area contributed by atoms with E-state index in [1.165, 1.54) is 10.5 Å². The van der Waals surface area contributed by atoms with Crippen LogP contribution < -0.4 is 20.7 Å². The summed E-state index contributed by atoms with van der Waals surface area (Å²) in [6.45, 7) is 17.6. The number of amides is 3. The van der Waals surface area contributed by atoms with E-state index in [2.05, 4.69) is 49.1 Å². The molecule has 54 heavy (non-hydrogen) atoms. The maximum Gasteiger partial charge on any atom is 0.329 e. The molecule has 5 atom stereocenters. The Morgan fingerprint density at radius 2 is 1.93 bits per heavy atom. The highest BCUT2D eigenvalue weighted by Gasteiger charge is 2.61. The lowest BCUT2D eigenvalue weighted by atomic mass is 9.85. The van der Waals surface area contributed by atoms with E-state index >= 15 is 0 Å². The van der Waals surface area contributed by atoms with Crippen LogP contribution in [-0.4, -0.2) is 77.1 Å². The van der Waals surface area contributed by atoms with Gasteiger partial charge in [-0.25, -0.2) is 4.79 Å². The Bertz CT molecular complexity index is 1680. The van der Waals surface area contributed by atoms with Crippen molar-refractivity contribution in [3.05, 3.63) is 56.4 Å². The number of carbonyl (C=O) groups is 4. The summed E-state index contributed by atoms with van der Waals surface area (Å²) >= 11 is 8.20. The topological polar surface area (TPSA) is 170 Å². The molecule has 1 aliphatic heterocycles. The van der Waals surface area contributed by atoms with E-state index in [9.17, 15) is 24.3 Å². The number of halogens is 1. The third kappa shape index (κ3) is 11.4. The summed E-state index contributed by atoms with van der Waals surface area (Å²) in [6, 6.07) is 5.28. The largest absolute Gasteiger partial charge is 0.488 e. The zero-order valence-corrected chi connectivity index (χ0v) is 34.5. The van der Waals surface area contributed by atoms with E-state index in [0.717, 1.165) is 17.0 Å². The van der Waals surface area contributed by atoms with Gasteiger partial charge in [-0.1, -0.05) is 70.0 Å². The van der Waals surface area contributed by atoms with Crippen molar-refractivity contribution in [3.8, 4) is 11.8 Å². The highest BCUT2D eigenvalue weighted by molar-refractivity contribution is 8.05. The van der Waals surface area contributed by atoms with Crippen LogP contribution in [0.25, 0.3) is 5.76 Å². The molecule has 5 unspecified atom stereocenters. The van der Waals surface area contributed by atoms with Crippen LogP contribution in [0.5, 0.6) is 5.75 Å². The van der Waals surface area contributed by atoms with E-state index in [0.29, 0.717) is 42.7 Å². The molecule has 12 nitrogen and oxygen atoms in total. The van der Waals surface area contributed by atoms with Gasteiger partial charge < -0.3 is 35.4 Å². The molecule has 1 aromatic carbocycles. The number of nitriles is 1. The van der Waals surface area contributed by atoms with Crippen molar-refractivity contribution < 1.29 is 33.8 Å². The maximum atomic E-state index is 14.1. The molecule has 3 rings (SSSR count). The average Bonchev–Trinajstić information content (AvgIpc) is 3.67. The standard InChI is InChI=1S/C40H56ClN5O7S/c1-10-26(6)36(44-24(3)4)54-22-25(5)12-14-32(27-13-15-33(30(41)18-27)52-17-16-42)53-29-19-31(35(48)45-40(38(50)51)20-28(40)11-2)46(21-29)37(49)34(43-23-47)39(7,8)9/h13-15,18,22-24,28-29,31,34,44H,10-12,17,19-21H2,1-9H3,(H,43,47)(H,45,48)(H,50,51)/b25-22+,32-14+,36-26?. The number of likely N-dealkylation sites (tertiary alicyclic amines) is 1. The van der Waals surface area contributed by atoms with Crippen molar-refractivity contribution >= 4 is 53.3 Å². The Kier molecular flexibility index (Phi) is 15.9. The number of carbonyl (C=O) groups excluding carboxylic acids is 3. The maximum absolute atomic E-state index is 14.1. The van der Waals surface area contributed by atoms with Crippen molar-refractivity contribution in [1.29, 1.82) is 5.26 Å². The lowest BCUT2D eigenvalue weighted by Crippen LogP contribution is -2.58. The van der Waals surface area contributed by atoms with E-state index in [4.69, 9.17) is 26.3 Å². The Hall–Kier alpha value is -4.15. The molecule has 0 aromatic heterocycles. The van der Waals surface area contributed by atoms with Gasteiger partial charge in [-0.05, 0) is 93.5 Å². The molecule has 3 amide bonds. The first kappa shape index (κ1) is 44.2. The van der Waals surface area contributed by atoms with Gasteiger partial charge in [-0.2, -0.15) is 5.26 Å². The number of thioether (sulfide) groups is 1. The van der Waals surface area contributed by atoms with Crippen molar-refractivity contribution in [3.63, 3.8) is 0 Å². The molecule has 1 aliphatic carbocycles. The highest BCUT2D eigenvalue weighted by atomic mass is 35.5. The first-order valence-corrected chi connectivity index (χ1v) is 19.7. The fourth-order valence-corrected chi connectivity index (χ4v) is 7.63. The SMILES string of the molecule is CCC(C)=C(NC(C)C)S/C=C(\C)C/C=C(/OC1CC(C(=O)NC2(C(=O)O)CC2CC)N(C(=O)C(NC=O)C(C)(C)C)C1)c1ccc(OCC#N)c(Cl)c1. The highest BCUT2D eigenvalue weighted by Crippen LogP contribution is 2.46. The fraction of sp³-hybridized carbons (Fsp3) is 0.575. The third-order valence-corrected chi connectivity index (χ3v) is 11.2. The molecule has 1 heterocycles. The van der Waals surface area contributed by atoms with E-state index in [1.54, 1.807) is 30.0 Å². The first-order chi connectivity index (χ1) is 25.4. The number of nitrogens with one attached hydrogen (secondary N) is 3. The summed E-state index contributed by atoms with van der Waals surface area (Å²) in [5.41, 5.74) is 0.832. The van der Waals surface area contributed by atoms with Crippen LogP contribution in [0.3, 0.4) is 0 Å². The number of carboxylic acids is 1. The predicted octanol–water partition coefficient (Wildman–Crippen LogP) is 6.77. The van der Waals surface area contributed by atoms with Crippen LogP contribution in [0.15, 0.2) is 45.9 Å². The van der Waals surface area contributed by atoms with Crippen LogP contribution >= 0.6 is 23.4 Å². The molecular weight excluding hydrogens is 730 g/mol. The van der Waals surface area contributed by atoms with Crippen molar-refractivity contribution in [2.24, 2.45) is 11.3 Å². The second-order valence-electron chi connectivity index (χ2n) is 15.3. The third-order valence-electron chi connectivity index (χ3n) is 9.65. The van der Waals surface area contributed by atoms with Crippen LogP contribution in [-0.2, 0) is 23.9 Å². The van der Waals surface area contributed by atoms with Crippen LogP contribution in [0.4, 0.5) is 0 Å². The lowest BCUT2D eigenvalue weighted by Gasteiger charge is -2.34. The molecule has 0 spiro atoms. The zero-order valence-electron chi connectivity index (χ0n) is 32.9. The summed E-state index contributed by atoms with van der Waals surface area (Å²) in [5.74, 6) is -1.61. The number of ether oxygens (including phenoxy) is 2. The minimum absolute atomic E-state index is 0.00570. The van der Waals surface area contributed by atoms with Gasteiger partial charge in [0.15, 0.2) is 6.61 Å². The van der Waals surface area contributed by atoms with Gasteiger partial charge in [-0.15, -0.1) is 0 Å².